The molecule has 4 aromatic rings. The Balaban J connectivity index is 1.23. The van der Waals surface area contributed by atoms with Crippen molar-refractivity contribution in [2.75, 3.05) is 32.7 Å². The van der Waals surface area contributed by atoms with E-state index in [1.807, 2.05) is 79.3 Å². The number of ether oxygens (including phenoxy) is 1. The maximum atomic E-state index is 12.4. The molecule has 2 aromatic carbocycles. The summed E-state index contributed by atoms with van der Waals surface area (Å²) in [6, 6.07) is 19.3. The maximum Gasteiger partial charge on any atom is 0.325 e. The van der Waals surface area contributed by atoms with E-state index >= 15 is 0 Å². The third kappa shape index (κ3) is 5.53. The van der Waals surface area contributed by atoms with Gasteiger partial charge < -0.3 is 19.7 Å². The number of aromatic amines is 1. The first kappa shape index (κ1) is 23.1. The van der Waals surface area contributed by atoms with Crippen LogP contribution in [-0.2, 0) is 17.8 Å². The number of carboxylic acids is 1. The Morgan fingerprint density at radius 2 is 1.77 bits per heavy atom. The molecule has 1 atom stereocenters. The van der Waals surface area contributed by atoms with Gasteiger partial charge in [-0.15, -0.1) is 0 Å². The van der Waals surface area contributed by atoms with E-state index in [2.05, 4.69) is 19.8 Å². The molecule has 0 amide bonds. The highest BCUT2D eigenvalue weighted by Crippen LogP contribution is 2.31. The number of hydrogen-bond donors (Lipinski definition) is 2. The Kier molecular flexibility index (Phi) is 7.07. The molecule has 0 aliphatic carbocycles. The molecule has 0 bridgehead atoms. The van der Waals surface area contributed by atoms with E-state index in [9.17, 15) is 9.90 Å². The first-order valence-corrected chi connectivity index (χ1v) is 12.0. The van der Waals surface area contributed by atoms with Gasteiger partial charge in [-0.25, -0.2) is 0 Å². The van der Waals surface area contributed by atoms with E-state index in [1.54, 1.807) is 0 Å². The summed E-state index contributed by atoms with van der Waals surface area (Å²) in [6.45, 7) is 4.61. The van der Waals surface area contributed by atoms with Crippen molar-refractivity contribution in [1.82, 2.24) is 19.8 Å². The number of carbonyl (C=O) groups is 1. The Bertz CT molecular complexity index is 1250. The highest BCUT2D eigenvalue weighted by Gasteiger charge is 2.32. The molecule has 1 aliphatic heterocycles. The van der Waals surface area contributed by atoms with Gasteiger partial charge in [0, 0.05) is 73.8 Å². The van der Waals surface area contributed by atoms with Crippen LogP contribution in [0.2, 0.25) is 0 Å². The molecule has 0 unspecified atom stereocenters. The van der Waals surface area contributed by atoms with Crippen LogP contribution in [0.1, 0.15) is 22.7 Å². The smallest absolute Gasteiger partial charge is 0.325 e. The Hall–Kier alpha value is -3.68. The zero-order valence-corrected chi connectivity index (χ0v) is 19.6. The zero-order chi connectivity index (χ0) is 24.0. The van der Waals surface area contributed by atoms with Crippen LogP contribution in [-0.4, -0.2) is 63.6 Å². The molecule has 7 heteroatoms. The van der Waals surface area contributed by atoms with Crippen LogP contribution in [0.4, 0.5) is 0 Å². The summed E-state index contributed by atoms with van der Waals surface area (Å²) in [5, 5.41) is 11.1. The predicted octanol–water partition coefficient (Wildman–Crippen LogP) is 4.13. The molecule has 0 spiro atoms. The molecule has 0 radical (unpaired) electrons. The van der Waals surface area contributed by atoms with Gasteiger partial charge in [0.2, 0.25) is 0 Å². The van der Waals surface area contributed by atoms with E-state index in [0.717, 1.165) is 66.9 Å². The molecular formula is C28H30N4O3. The lowest BCUT2D eigenvalue weighted by atomic mass is 10.0. The second kappa shape index (κ2) is 10.7. The molecular weight excluding hydrogens is 440 g/mol. The average molecular weight is 471 g/mol. The molecule has 2 aromatic heterocycles. The largest absolute Gasteiger partial charge is 0.489 e. The highest BCUT2D eigenvalue weighted by molar-refractivity contribution is 5.90. The number of rotatable bonds is 9. The van der Waals surface area contributed by atoms with Gasteiger partial charge in [0.05, 0.1) is 0 Å². The van der Waals surface area contributed by atoms with Crippen molar-refractivity contribution in [3.05, 3.63) is 95.9 Å². The van der Waals surface area contributed by atoms with Gasteiger partial charge in [0.15, 0.2) is 0 Å². The first-order valence-electron chi connectivity index (χ1n) is 12.0. The van der Waals surface area contributed by atoms with Crippen molar-refractivity contribution in [3.63, 3.8) is 0 Å². The molecule has 1 saturated heterocycles. The third-order valence-corrected chi connectivity index (χ3v) is 6.70. The van der Waals surface area contributed by atoms with E-state index in [-0.39, 0.29) is 0 Å². The summed E-state index contributed by atoms with van der Waals surface area (Å²) < 4.78 is 5.94. The SMILES string of the molecule is O=C(O)[C@@H](c1c[nH]c2cc(OCc3ccccc3)ccc12)N1CCN(CCc2ccncc2)CC1. The Morgan fingerprint density at radius 3 is 2.51 bits per heavy atom. The molecule has 5 rings (SSSR count). The number of H-pyrrole nitrogens is 1. The minimum Gasteiger partial charge on any atom is -0.489 e. The number of hydrogen-bond acceptors (Lipinski definition) is 5. The van der Waals surface area contributed by atoms with Crippen LogP contribution in [0, 0.1) is 0 Å². The van der Waals surface area contributed by atoms with Crippen molar-refractivity contribution in [3.8, 4) is 5.75 Å². The van der Waals surface area contributed by atoms with Crippen LogP contribution in [0.25, 0.3) is 10.9 Å². The molecule has 7 nitrogen and oxygen atoms in total. The normalized spacial score (nSPS) is 15.8. The van der Waals surface area contributed by atoms with E-state index in [0.29, 0.717) is 6.61 Å². The summed E-state index contributed by atoms with van der Waals surface area (Å²) >= 11 is 0. The van der Waals surface area contributed by atoms with E-state index < -0.39 is 12.0 Å². The molecule has 3 heterocycles. The molecule has 1 fully saturated rings. The summed E-state index contributed by atoms with van der Waals surface area (Å²) in [4.78, 5) is 24.2. The predicted molar refractivity (Wildman–Crippen MR) is 135 cm³/mol. The number of nitrogens with one attached hydrogen (secondary N) is 1. The van der Waals surface area contributed by atoms with Gasteiger partial charge >= 0.3 is 5.97 Å². The van der Waals surface area contributed by atoms with Crippen LogP contribution >= 0.6 is 0 Å². The number of nitrogens with zero attached hydrogens (tertiary/aromatic N) is 3. The topological polar surface area (TPSA) is 81.7 Å². The monoisotopic (exact) mass is 470 g/mol. The van der Waals surface area contributed by atoms with Crippen molar-refractivity contribution >= 4 is 16.9 Å². The lowest BCUT2D eigenvalue weighted by molar-refractivity contribution is -0.144. The van der Waals surface area contributed by atoms with Crippen LogP contribution in [0.15, 0.2) is 79.3 Å². The second-order valence-electron chi connectivity index (χ2n) is 8.95. The number of benzene rings is 2. The van der Waals surface area contributed by atoms with Gasteiger partial charge in [0.1, 0.15) is 18.4 Å². The van der Waals surface area contributed by atoms with Gasteiger partial charge in [-0.1, -0.05) is 30.3 Å². The fourth-order valence-electron chi connectivity index (χ4n) is 4.75. The quantitative estimate of drug-likeness (QED) is 0.383. The number of aliphatic carboxylic acids is 1. The minimum absolute atomic E-state index is 0.489. The van der Waals surface area contributed by atoms with Crippen LogP contribution < -0.4 is 4.74 Å². The Labute approximate surface area is 205 Å². The second-order valence-corrected chi connectivity index (χ2v) is 8.95. The standard InChI is InChI=1S/C28H30N4O3/c33-28(34)27(32-16-14-31(15-17-32)13-10-21-8-11-29-12-9-21)25-19-30-26-18-23(6-7-24(25)26)35-20-22-4-2-1-3-5-22/h1-9,11-12,18-19,27,30H,10,13-17,20H2,(H,33,34)/t27-/m1/s1. The molecule has 0 saturated carbocycles. The molecule has 180 valence electrons. The van der Waals surface area contributed by atoms with E-state index in [4.69, 9.17) is 4.74 Å². The van der Waals surface area contributed by atoms with Gasteiger partial charge in [-0.2, -0.15) is 0 Å². The fourth-order valence-corrected chi connectivity index (χ4v) is 4.75. The van der Waals surface area contributed by atoms with Crippen LogP contribution in [0.5, 0.6) is 5.75 Å². The molecule has 1 aliphatic rings. The average Bonchev–Trinajstić information content (AvgIpc) is 3.31. The van der Waals surface area contributed by atoms with E-state index in [1.165, 1.54) is 5.56 Å². The van der Waals surface area contributed by atoms with Gasteiger partial charge in [-0.3, -0.25) is 14.7 Å². The molecule has 2 N–H and O–H groups in total. The maximum absolute atomic E-state index is 12.4. The number of piperazine rings is 1. The number of carboxylic acid groups (broad SMARTS) is 1. The van der Waals surface area contributed by atoms with Crippen molar-refractivity contribution in [2.24, 2.45) is 0 Å². The van der Waals surface area contributed by atoms with Gasteiger partial charge in [-0.05, 0) is 41.8 Å². The fraction of sp³-hybridized carbons (Fsp3) is 0.286. The highest BCUT2D eigenvalue weighted by atomic mass is 16.5. The number of aromatic nitrogens is 2. The summed E-state index contributed by atoms with van der Waals surface area (Å²) in [6.07, 6.45) is 6.46. The first-order chi connectivity index (χ1) is 17.2. The zero-order valence-electron chi connectivity index (χ0n) is 19.6. The lowest BCUT2D eigenvalue weighted by Crippen LogP contribution is -2.49. The summed E-state index contributed by atoms with van der Waals surface area (Å²) in [7, 11) is 0. The summed E-state index contributed by atoms with van der Waals surface area (Å²) in [5.41, 5.74) is 4.06. The third-order valence-electron chi connectivity index (χ3n) is 6.70. The molecule has 35 heavy (non-hydrogen) atoms. The minimum atomic E-state index is -0.819. The van der Waals surface area contributed by atoms with Crippen molar-refractivity contribution in [2.45, 2.75) is 19.1 Å². The number of pyridine rings is 1. The van der Waals surface area contributed by atoms with Crippen molar-refractivity contribution < 1.29 is 14.6 Å². The Morgan fingerprint density at radius 1 is 1.00 bits per heavy atom. The van der Waals surface area contributed by atoms with Crippen LogP contribution in [0.3, 0.4) is 0 Å². The lowest BCUT2D eigenvalue weighted by Gasteiger charge is -2.37. The summed E-state index contributed by atoms with van der Waals surface area (Å²) in [5.74, 6) is -0.0648. The van der Waals surface area contributed by atoms with Crippen molar-refractivity contribution in [1.29, 1.82) is 0 Å². The van der Waals surface area contributed by atoms with Gasteiger partial charge in [0.25, 0.3) is 0 Å². The number of fused-ring (bicyclic) bond motifs is 1.